The zero-order valence-electron chi connectivity index (χ0n) is 9.77. The lowest BCUT2D eigenvalue weighted by atomic mass is 10.2. The van der Waals surface area contributed by atoms with Crippen molar-refractivity contribution in [3.63, 3.8) is 0 Å². The van der Waals surface area contributed by atoms with E-state index in [-0.39, 0.29) is 11.8 Å². The highest BCUT2D eigenvalue weighted by atomic mass is 16.5. The van der Waals surface area contributed by atoms with Crippen molar-refractivity contribution in [1.82, 2.24) is 4.90 Å². The predicted molar refractivity (Wildman–Crippen MR) is 62.3 cm³/mol. The molecule has 4 heteroatoms. The summed E-state index contributed by atoms with van der Waals surface area (Å²) in [7, 11) is 1.59. The van der Waals surface area contributed by atoms with Crippen LogP contribution in [0, 0.1) is 0 Å². The molecule has 0 aromatic heterocycles. The maximum Gasteiger partial charge on any atom is 0.256 e. The number of nitrogens with zero attached hydrogens (tertiary/aromatic N) is 1. The molecule has 0 N–H and O–H groups in total. The maximum absolute atomic E-state index is 11.7. The highest BCUT2D eigenvalue weighted by molar-refractivity contribution is 6.15. The quantitative estimate of drug-likeness (QED) is 0.741. The number of carbonyl (C=O) groups is 2. The number of ether oxygens (including phenoxy) is 1. The van der Waals surface area contributed by atoms with E-state index >= 15 is 0 Å². The van der Waals surface area contributed by atoms with Crippen LogP contribution in [0.25, 0.3) is 0 Å². The Balaban J connectivity index is 2.11. The van der Waals surface area contributed by atoms with Crippen LogP contribution >= 0.6 is 0 Å². The highest BCUT2D eigenvalue weighted by Gasteiger charge is 2.27. The van der Waals surface area contributed by atoms with E-state index < -0.39 is 0 Å². The number of carbonyl (C=O) groups excluding carboxylic acids is 2. The minimum atomic E-state index is -0.247. The first-order valence-electron chi connectivity index (χ1n) is 5.29. The molecule has 4 nitrogen and oxygen atoms in total. The minimum Gasteiger partial charge on any atom is -0.497 e. The molecule has 0 saturated heterocycles. The SMILES string of the molecule is COc1ccc(CN2C(=O)C=C(C)C2=O)cc1. The van der Waals surface area contributed by atoms with Gasteiger partial charge in [0.25, 0.3) is 11.8 Å². The molecule has 2 amide bonds. The largest absolute Gasteiger partial charge is 0.497 e. The van der Waals surface area contributed by atoms with Crippen molar-refractivity contribution in [2.75, 3.05) is 7.11 Å². The second kappa shape index (κ2) is 4.41. The normalized spacial score (nSPS) is 15.2. The van der Waals surface area contributed by atoms with Crippen LogP contribution in [-0.4, -0.2) is 23.8 Å². The molecular weight excluding hydrogens is 218 g/mol. The van der Waals surface area contributed by atoms with E-state index in [4.69, 9.17) is 4.74 Å². The van der Waals surface area contributed by atoms with Gasteiger partial charge in [0.15, 0.2) is 0 Å². The summed E-state index contributed by atoms with van der Waals surface area (Å²) in [4.78, 5) is 24.4. The van der Waals surface area contributed by atoms with Gasteiger partial charge in [0.1, 0.15) is 5.75 Å². The van der Waals surface area contributed by atoms with Crippen molar-refractivity contribution in [3.8, 4) is 5.75 Å². The van der Waals surface area contributed by atoms with Gasteiger partial charge in [-0.3, -0.25) is 14.5 Å². The van der Waals surface area contributed by atoms with Gasteiger partial charge in [-0.2, -0.15) is 0 Å². The van der Waals surface area contributed by atoms with Crippen LogP contribution in [-0.2, 0) is 16.1 Å². The summed E-state index contributed by atoms with van der Waals surface area (Å²) >= 11 is 0. The second-order valence-electron chi connectivity index (χ2n) is 3.90. The number of hydrogen-bond donors (Lipinski definition) is 0. The summed E-state index contributed by atoms with van der Waals surface area (Å²) in [6.45, 7) is 1.95. The van der Waals surface area contributed by atoms with E-state index in [1.54, 1.807) is 26.2 Å². The molecule has 17 heavy (non-hydrogen) atoms. The number of rotatable bonds is 3. The molecule has 0 aliphatic carbocycles. The van der Waals surface area contributed by atoms with Crippen LogP contribution in [0.5, 0.6) is 5.75 Å². The van der Waals surface area contributed by atoms with Crippen LogP contribution in [0.3, 0.4) is 0 Å². The molecule has 0 bridgehead atoms. The summed E-state index contributed by atoms with van der Waals surface area (Å²) in [6.07, 6.45) is 1.37. The monoisotopic (exact) mass is 231 g/mol. The third-order valence-electron chi connectivity index (χ3n) is 2.69. The van der Waals surface area contributed by atoms with Gasteiger partial charge in [0.05, 0.1) is 13.7 Å². The molecule has 1 aliphatic heterocycles. The zero-order chi connectivity index (χ0) is 12.4. The first kappa shape index (κ1) is 11.4. The summed E-state index contributed by atoms with van der Waals surface area (Å²) in [5, 5.41) is 0. The van der Waals surface area contributed by atoms with Crippen molar-refractivity contribution in [1.29, 1.82) is 0 Å². The van der Waals surface area contributed by atoms with Crippen molar-refractivity contribution in [2.45, 2.75) is 13.5 Å². The van der Waals surface area contributed by atoms with Gasteiger partial charge in [-0.15, -0.1) is 0 Å². The van der Waals surface area contributed by atoms with Crippen LogP contribution in [0.15, 0.2) is 35.9 Å². The van der Waals surface area contributed by atoms with Gasteiger partial charge in [-0.1, -0.05) is 12.1 Å². The van der Waals surface area contributed by atoms with E-state index in [1.165, 1.54) is 11.0 Å². The van der Waals surface area contributed by atoms with Gasteiger partial charge >= 0.3 is 0 Å². The molecule has 0 unspecified atom stereocenters. The second-order valence-corrected chi connectivity index (χ2v) is 3.90. The Kier molecular flexibility index (Phi) is 2.95. The smallest absolute Gasteiger partial charge is 0.256 e. The van der Waals surface area contributed by atoms with Gasteiger partial charge < -0.3 is 4.74 Å². The van der Waals surface area contributed by atoms with Crippen LogP contribution in [0.1, 0.15) is 12.5 Å². The molecule has 1 aromatic carbocycles. The Morgan fingerprint density at radius 1 is 1.18 bits per heavy atom. The van der Waals surface area contributed by atoms with Crippen molar-refractivity contribution in [2.24, 2.45) is 0 Å². The first-order valence-corrected chi connectivity index (χ1v) is 5.29. The fourth-order valence-corrected chi connectivity index (χ4v) is 1.70. The Bertz CT molecular complexity index is 488. The van der Waals surface area contributed by atoms with Crippen molar-refractivity contribution in [3.05, 3.63) is 41.5 Å². The van der Waals surface area contributed by atoms with Gasteiger partial charge in [0, 0.05) is 11.6 Å². The third kappa shape index (κ3) is 2.20. The molecule has 0 spiro atoms. The molecule has 2 rings (SSSR count). The lowest BCUT2D eigenvalue weighted by Crippen LogP contribution is -2.30. The summed E-state index contributed by atoms with van der Waals surface area (Å²) in [5.41, 5.74) is 1.39. The van der Waals surface area contributed by atoms with E-state index in [1.807, 2.05) is 12.1 Å². The Hall–Kier alpha value is -2.10. The van der Waals surface area contributed by atoms with E-state index in [9.17, 15) is 9.59 Å². The molecular formula is C13H13NO3. The predicted octanol–water partition coefficient (Wildman–Crippen LogP) is 1.51. The van der Waals surface area contributed by atoms with Crippen LogP contribution in [0.4, 0.5) is 0 Å². The Labute approximate surface area is 99.5 Å². The Morgan fingerprint density at radius 2 is 1.82 bits per heavy atom. The molecule has 0 fully saturated rings. The zero-order valence-corrected chi connectivity index (χ0v) is 9.77. The molecule has 88 valence electrons. The van der Waals surface area contributed by atoms with Crippen molar-refractivity contribution >= 4 is 11.8 Å². The van der Waals surface area contributed by atoms with Gasteiger partial charge in [0.2, 0.25) is 0 Å². The molecule has 1 aliphatic rings. The molecule has 1 aromatic rings. The van der Waals surface area contributed by atoms with Crippen LogP contribution < -0.4 is 4.74 Å². The number of methoxy groups -OCH3 is 1. The van der Waals surface area contributed by atoms with E-state index in [0.29, 0.717) is 12.1 Å². The topological polar surface area (TPSA) is 46.6 Å². The minimum absolute atomic E-state index is 0.217. The average Bonchev–Trinajstić information content (AvgIpc) is 2.57. The number of amides is 2. The summed E-state index contributed by atoms with van der Waals surface area (Å²) in [6, 6.07) is 7.29. The van der Waals surface area contributed by atoms with E-state index in [0.717, 1.165) is 11.3 Å². The average molecular weight is 231 g/mol. The molecule has 0 radical (unpaired) electrons. The number of hydrogen-bond acceptors (Lipinski definition) is 3. The van der Waals surface area contributed by atoms with Crippen molar-refractivity contribution < 1.29 is 14.3 Å². The standard InChI is InChI=1S/C13H13NO3/c1-9-7-12(15)14(13(9)16)8-10-3-5-11(17-2)6-4-10/h3-7H,8H2,1-2H3. The number of imide groups is 1. The Morgan fingerprint density at radius 3 is 2.29 bits per heavy atom. The molecule has 0 atom stereocenters. The molecule has 1 heterocycles. The van der Waals surface area contributed by atoms with E-state index in [2.05, 4.69) is 0 Å². The van der Waals surface area contributed by atoms with Gasteiger partial charge in [-0.25, -0.2) is 0 Å². The lowest BCUT2D eigenvalue weighted by molar-refractivity contribution is -0.137. The fraction of sp³-hybridized carbons (Fsp3) is 0.231. The number of benzene rings is 1. The first-order chi connectivity index (χ1) is 8.11. The molecule has 0 saturated carbocycles. The lowest BCUT2D eigenvalue weighted by Gasteiger charge is -2.14. The highest BCUT2D eigenvalue weighted by Crippen LogP contribution is 2.17. The van der Waals surface area contributed by atoms with Gasteiger partial charge in [-0.05, 0) is 24.6 Å². The van der Waals surface area contributed by atoms with Crippen LogP contribution in [0.2, 0.25) is 0 Å². The summed E-state index contributed by atoms with van der Waals surface area (Å²) in [5.74, 6) is 0.288. The fourth-order valence-electron chi connectivity index (χ4n) is 1.70. The maximum atomic E-state index is 11.7. The third-order valence-corrected chi connectivity index (χ3v) is 2.69. The summed E-state index contributed by atoms with van der Waals surface area (Å²) < 4.78 is 5.04.